The number of carboxylic acid groups (broad SMARTS) is 1. The number of carbonyl (C=O) groups excluding carboxylic acids is 1. The Morgan fingerprint density at radius 1 is 1.36 bits per heavy atom. The number of carbonyl (C=O) groups is 2. The second-order valence-electron chi connectivity index (χ2n) is 5.26. The molecule has 0 bridgehead atoms. The minimum atomic E-state index is -1.27. The Labute approximate surface area is 148 Å². The molecule has 0 spiro atoms. The average molecular weight is 377 g/mol. The quantitative estimate of drug-likeness (QED) is 0.305. The first-order chi connectivity index (χ1) is 11.7. The van der Waals surface area contributed by atoms with Gasteiger partial charge in [-0.15, -0.1) is 0 Å². The Bertz CT molecular complexity index is 655. The van der Waals surface area contributed by atoms with Crippen LogP contribution >= 0.6 is 11.6 Å². The highest BCUT2D eigenvalue weighted by molar-refractivity contribution is 6.31. The molecule has 0 saturated carbocycles. The number of hydrogen-bond donors (Lipinski definition) is 1. The predicted octanol–water partition coefficient (Wildman–Crippen LogP) is 3.60. The van der Waals surface area contributed by atoms with Crippen molar-refractivity contribution in [2.75, 3.05) is 13.2 Å². The summed E-state index contributed by atoms with van der Waals surface area (Å²) in [5, 5.41) is 19.9. The Morgan fingerprint density at radius 3 is 2.60 bits per heavy atom. The molecule has 0 aromatic heterocycles. The Kier molecular flexibility index (Phi) is 8.06. The van der Waals surface area contributed by atoms with E-state index < -0.39 is 27.5 Å². The molecule has 8 nitrogen and oxygen atoms in total. The summed E-state index contributed by atoms with van der Waals surface area (Å²) in [6, 6.07) is 1.74. The van der Waals surface area contributed by atoms with Gasteiger partial charge < -0.3 is 14.7 Å². The summed E-state index contributed by atoms with van der Waals surface area (Å²) in [5.74, 6) is -1.24. The minimum absolute atomic E-state index is 0.0748. The van der Waals surface area contributed by atoms with E-state index >= 15 is 0 Å². The standard InChI is InChI=1S/C15H18ClFN2O6/c1-10(20)25-6-4-2-3-5-18(15(21)22)9-11-7-13(17)12(16)8-14(11)19(23)24/h7-8H,2-6,9H2,1H3,(H,21,22). The van der Waals surface area contributed by atoms with Gasteiger partial charge in [-0.05, 0) is 25.3 Å². The van der Waals surface area contributed by atoms with Crippen molar-refractivity contribution in [2.24, 2.45) is 0 Å². The van der Waals surface area contributed by atoms with Crippen LogP contribution in [0.2, 0.25) is 5.02 Å². The summed E-state index contributed by atoms with van der Waals surface area (Å²) in [6.45, 7) is 1.32. The van der Waals surface area contributed by atoms with Crippen molar-refractivity contribution in [2.45, 2.75) is 32.7 Å². The van der Waals surface area contributed by atoms with Gasteiger partial charge in [-0.25, -0.2) is 9.18 Å². The maximum Gasteiger partial charge on any atom is 0.407 e. The van der Waals surface area contributed by atoms with Gasteiger partial charge in [-0.3, -0.25) is 14.9 Å². The second kappa shape index (κ2) is 9.77. The van der Waals surface area contributed by atoms with Gasteiger partial charge in [0.15, 0.2) is 0 Å². The largest absolute Gasteiger partial charge is 0.466 e. The first-order valence-electron chi connectivity index (χ1n) is 7.46. The molecule has 138 valence electrons. The van der Waals surface area contributed by atoms with E-state index in [1.54, 1.807) is 0 Å². The average Bonchev–Trinajstić information content (AvgIpc) is 2.51. The van der Waals surface area contributed by atoms with Crippen molar-refractivity contribution in [3.63, 3.8) is 0 Å². The summed E-state index contributed by atoms with van der Waals surface area (Å²) in [6.07, 6.45) is 0.374. The van der Waals surface area contributed by atoms with Gasteiger partial charge in [-0.2, -0.15) is 0 Å². The lowest BCUT2D eigenvalue weighted by Crippen LogP contribution is -2.30. The molecule has 1 amide bonds. The molecular formula is C15H18ClFN2O6. The van der Waals surface area contributed by atoms with E-state index in [0.29, 0.717) is 19.3 Å². The molecule has 1 rings (SSSR count). The summed E-state index contributed by atoms with van der Waals surface area (Å²) in [4.78, 5) is 33.2. The number of amides is 1. The van der Waals surface area contributed by atoms with E-state index in [4.69, 9.17) is 16.3 Å². The molecule has 0 radical (unpaired) electrons. The molecule has 0 saturated heterocycles. The van der Waals surface area contributed by atoms with E-state index in [-0.39, 0.29) is 31.2 Å². The van der Waals surface area contributed by atoms with Gasteiger partial charge in [0, 0.05) is 19.5 Å². The van der Waals surface area contributed by atoms with Gasteiger partial charge in [0.1, 0.15) is 5.82 Å². The van der Waals surface area contributed by atoms with E-state index in [0.717, 1.165) is 17.0 Å². The van der Waals surface area contributed by atoms with Gasteiger partial charge in [-0.1, -0.05) is 11.6 Å². The third-order valence-corrected chi connectivity index (χ3v) is 3.62. The molecule has 0 aliphatic carbocycles. The van der Waals surface area contributed by atoms with Gasteiger partial charge in [0.25, 0.3) is 5.69 Å². The van der Waals surface area contributed by atoms with E-state index in [9.17, 15) is 29.2 Å². The molecule has 1 aromatic carbocycles. The van der Waals surface area contributed by atoms with Crippen LogP contribution in [-0.4, -0.2) is 40.1 Å². The van der Waals surface area contributed by atoms with Crippen molar-refractivity contribution in [3.05, 3.63) is 38.7 Å². The highest BCUT2D eigenvalue weighted by Crippen LogP contribution is 2.27. The zero-order valence-electron chi connectivity index (χ0n) is 13.5. The Morgan fingerprint density at radius 2 is 2.04 bits per heavy atom. The highest BCUT2D eigenvalue weighted by atomic mass is 35.5. The van der Waals surface area contributed by atoms with Crippen molar-refractivity contribution in [3.8, 4) is 0 Å². The van der Waals surface area contributed by atoms with Gasteiger partial charge in [0.2, 0.25) is 0 Å². The molecule has 0 fully saturated rings. The van der Waals surface area contributed by atoms with Crippen LogP contribution in [0.5, 0.6) is 0 Å². The van der Waals surface area contributed by atoms with E-state index in [1.165, 1.54) is 6.92 Å². The van der Waals surface area contributed by atoms with Crippen LogP contribution in [0.4, 0.5) is 14.9 Å². The van der Waals surface area contributed by atoms with E-state index in [2.05, 4.69) is 0 Å². The first-order valence-corrected chi connectivity index (χ1v) is 7.83. The maximum atomic E-state index is 13.6. The van der Waals surface area contributed by atoms with Crippen molar-refractivity contribution < 1.29 is 28.7 Å². The summed E-state index contributed by atoms with van der Waals surface area (Å²) < 4.78 is 18.3. The number of nitro groups is 1. The topological polar surface area (TPSA) is 110 Å². The molecule has 0 heterocycles. The number of hydrogen-bond acceptors (Lipinski definition) is 5. The number of halogens is 2. The van der Waals surface area contributed by atoms with Crippen LogP contribution in [0.15, 0.2) is 12.1 Å². The highest BCUT2D eigenvalue weighted by Gasteiger charge is 2.22. The molecule has 0 unspecified atom stereocenters. The van der Waals surface area contributed by atoms with Gasteiger partial charge >= 0.3 is 12.1 Å². The van der Waals surface area contributed by atoms with Crippen LogP contribution in [0.25, 0.3) is 0 Å². The van der Waals surface area contributed by atoms with Crippen LogP contribution in [0, 0.1) is 15.9 Å². The molecule has 10 heteroatoms. The normalized spacial score (nSPS) is 10.4. The SMILES string of the molecule is CC(=O)OCCCCCN(Cc1cc(F)c(Cl)cc1[N+](=O)[O-])C(=O)O. The molecule has 0 aliphatic heterocycles. The van der Waals surface area contributed by atoms with Crippen molar-refractivity contribution >= 4 is 29.4 Å². The molecule has 1 N–H and O–H groups in total. The number of unbranched alkanes of at least 4 members (excludes halogenated alkanes) is 2. The molecule has 25 heavy (non-hydrogen) atoms. The van der Waals surface area contributed by atoms with Crippen LogP contribution in [0.1, 0.15) is 31.7 Å². The van der Waals surface area contributed by atoms with Crippen molar-refractivity contribution in [1.29, 1.82) is 0 Å². The number of benzene rings is 1. The molecule has 0 atom stereocenters. The second-order valence-corrected chi connectivity index (χ2v) is 5.66. The summed E-state index contributed by atoms with van der Waals surface area (Å²) >= 11 is 5.54. The lowest BCUT2D eigenvalue weighted by atomic mass is 10.1. The molecule has 1 aromatic rings. The van der Waals surface area contributed by atoms with Crippen LogP contribution < -0.4 is 0 Å². The smallest absolute Gasteiger partial charge is 0.407 e. The summed E-state index contributed by atoms with van der Waals surface area (Å²) in [5.41, 5.74) is -0.512. The zero-order valence-corrected chi connectivity index (χ0v) is 14.3. The molecular weight excluding hydrogens is 359 g/mol. The Balaban J connectivity index is 2.69. The fourth-order valence-electron chi connectivity index (χ4n) is 2.12. The lowest BCUT2D eigenvalue weighted by molar-refractivity contribution is -0.385. The molecule has 0 aliphatic rings. The van der Waals surface area contributed by atoms with Crippen molar-refractivity contribution in [1.82, 2.24) is 4.90 Å². The zero-order chi connectivity index (χ0) is 19.0. The maximum absolute atomic E-state index is 13.6. The van der Waals surface area contributed by atoms with Crippen LogP contribution in [0.3, 0.4) is 0 Å². The summed E-state index contributed by atoms with van der Waals surface area (Å²) in [7, 11) is 0. The fraction of sp³-hybridized carbons (Fsp3) is 0.467. The fourth-order valence-corrected chi connectivity index (χ4v) is 2.28. The van der Waals surface area contributed by atoms with Gasteiger partial charge in [0.05, 0.1) is 28.7 Å². The first kappa shape index (κ1) is 20.6. The number of nitro benzene ring substituents is 1. The van der Waals surface area contributed by atoms with Crippen LogP contribution in [-0.2, 0) is 16.1 Å². The number of ether oxygens (including phenoxy) is 1. The lowest BCUT2D eigenvalue weighted by Gasteiger charge is -2.19. The number of rotatable bonds is 9. The third-order valence-electron chi connectivity index (χ3n) is 3.33. The number of nitrogens with zero attached hydrogens (tertiary/aromatic N) is 2. The predicted molar refractivity (Wildman–Crippen MR) is 87.0 cm³/mol. The minimum Gasteiger partial charge on any atom is -0.466 e. The number of esters is 1. The monoisotopic (exact) mass is 376 g/mol. The van der Waals surface area contributed by atoms with E-state index in [1.807, 2.05) is 0 Å². The Hall–Kier alpha value is -2.42. The third kappa shape index (κ3) is 6.92.